The zero-order valence-corrected chi connectivity index (χ0v) is 25.3. The zero-order chi connectivity index (χ0) is 26.5. The van der Waals surface area contributed by atoms with Crippen LogP contribution < -0.4 is 20.1 Å². The van der Waals surface area contributed by atoms with E-state index in [2.05, 4.69) is 71.7 Å². The minimum Gasteiger partial charge on any atom is -0.495 e. The van der Waals surface area contributed by atoms with E-state index in [9.17, 15) is 14.4 Å². The van der Waals surface area contributed by atoms with E-state index >= 15 is 0 Å². The molecule has 0 bridgehead atoms. The molecule has 0 aliphatic carbocycles. The lowest BCUT2D eigenvalue weighted by atomic mass is 10.2. The molecular weight excluding hydrogens is 768 g/mol. The Morgan fingerprint density at radius 2 is 1.76 bits per heavy atom. The third-order valence-corrected chi connectivity index (χ3v) is 7.40. The van der Waals surface area contributed by atoms with Crippen molar-refractivity contribution < 1.29 is 23.9 Å². The average Bonchev–Trinajstić information content (AvgIpc) is 3.12. The standard InChI is InChI=1S/C26H20BrI2N3O5/c1-36-22-5-3-2-4-20(22)30-23(33)13-32-25(34)21(31-26(32)35)12-16-10-18(28)24(19(29)11-16)37-14-15-6-8-17(27)9-7-15/h2-12H,13-14H2,1H3,(H,30,33)(H,31,35)/b21-12+. The van der Waals surface area contributed by atoms with E-state index in [1.807, 2.05) is 36.4 Å². The molecule has 1 fully saturated rings. The van der Waals surface area contributed by atoms with Crippen LogP contribution in [0.4, 0.5) is 10.5 Å². The predicted molar refractivity (Wildman–Crippen MR) is 160 cm³/mol. The van der Waals surface area contributed by atoms with Crippen LogP contribution in [0.2, 0.25) is 0 Å². The highest BCUT2D eigenvalue weighted by Gasteiger charge is 2.35. The lowest BCUT2D eigenvalue weighted by Gasteiger charge is -2.13. The minimum atomic E-state index is -0.662. The second-order valence-electron chi connectivity index (χ2n) is 7.86. The van der Waals surface area contributed by atoms with Gasteiger partial charge in [-0.1, -0.05) is 40.2 Å². The van der Waals surface area contributed by atoms with Gasteiger partial charge < -0.3 is 20.1 Å². The fraction of sp³-hybridized carbons (Fsp3) is 0.115. The van der Waals surface area contributed by atoms with Crippen molar-refractivity contribution >= 4 is 90.7 Å². The number of nitrogens with one attached hydrogen (secondary N) is 2. The topological polar surface area (TPSA) is 97.0 Å². The lowest BCUT2D eigenvalue weighted by Crippen LogP contribution is -2.38. The van der Waals surface area contributed by atoms with Crippen LogP contribution in [-0.2, 0) is 16.2 Å². The van der Waals surface area contributed by atoms with Gasteiger partial charge in [0, 0.05) is 4.47 Å². The maximum absolute atomic E-state index is 12.9. The van der Waals surface area contributed by atoms with Crippen molar-refractivity contribution in [3.8, 4) is 11.5 Å². The summed E-state index contributed by atoms with van der Waals surface area (Å²) in [6, 6.07) is 17.8. The van der Waals surface area contributed by atoms with E-state index in [0.717, 1.165) is 27.8 Å². The number of urea groups is 1. The van der Waals surface area contributed by atoms with E-state index in [4.69, 9.17) is 9.47 Å². The van der Waals surface area contributed by atoms with Crippen molar-refractivity contribution in [2.45, 2.75) is 6.61 Å². The maximum atomic E-state index is 12.9. The molecule has 0 saturated carbocycles. The van der Waals surface area contributed by atoms with Gasteiger partial charge in [-0.25, -0.2) is 9.69 Å². The summed E-state index contributed by atoms with van der Waals surface area (Å²) in [4.78, 5) is 38.7. The van der Waals surface area contributed by atoms with Gasteiger partial charge in [-0.3, -0.25) is 9.59 Å². The number of benzene rings is 3. The first-order valence-electron chi connectivity index (χ1n) is 10.9. The van der Waals surface area contributed by atoms with E-state index in [1.54, 1.807) is 30.3 Å². The molecule has 0 aromatic heterocycles. The quantitative estimate of drug-likeness (QED) is 0.172. The molecule has 4 rings (SSSR count). The van der Waals surface area contributed by atoms with Crippen LogP contribution in [0.3, 0.4) is 0 Å². The van der Waals surface area contributed by atoms with Crippen LogP contribution in [0.25, 0.3) is 6.08 Å². The molecule has 1 aliphatic heterocycles. The number of ether oxygens (including phenoxy) is 2. The van der Waals surface area contributed by atoms with Gasteiger partial charge in [0.15, 0.2) is 0 Å². The number of halogens is 3. The molecule has 190 valence electrons. The SMILES string of the molecule is COc1ccccc1NC(=O)CN1C(=O)N/C(=C/c2cc(I)c(OCc3ccc(Br)cc3)c(I)c2)C1=O. The first kappa shape index (κ1) is 27.4. The molecule has 1 heterocycles. The first-order chi connectivity index (χ1) is 17.7. The number of carbonyl (C=O) groups is 3. The van der Waals surface area contributed by atoms with Gasteiger partial charge >= 0.3 is 6.03 Å². The van der Waals surface area contributed by atoms with Crippen LogP contribution in [0.15, 0.2) is 70.8 Å². The van der Waals surface area contributed by atoms with Crippen molar-refractivity contribution in [1.29, 1.82) is 0 Å². The van der Waals surface area contributed by atoms with E-state index < -0.39 is 24.4 Å². The number of para-hydroxylation sites is 2. The van der Waals surface area contributed by atoms with Crippen LogP contribution in [-0.4, -0.2) is 36.4 Å². The number of hydrogen-bond donors (Lipinski definition) is 2. The highest BCUT2D eigenvalue weighted by Crippen LogP contribution is 2.31. The van der Waals surface area contributed by atoms with E-state index in [1.165, 1.54) is 7.11 Å². The number of nitrogens with zero attached hydrogens (tertiary/aromatic N) is 1. The number of anilines is 1. The summed E-state index contributed by atoms with van der Waals surface area (Å²) < 4.78 is 14.0. The smallest absolute Gasteiger partial charge is 0.329 e. The Kier molecular flexibility index (Phi) is 9.08. The van der Waals surface area contributed by atoms with Crippen LogP contribution in [0, 0.1) is 7.14 Å². The first-order valence-corrected chi connectivity index (χ1v) is 13.8. The Bertz CT molecular complexity index is 1370. The van der Waals surface area contributed by atoms with E-state index in [0.29, 0.717) is 23.6 Å². The number of hydrogen-bond acceptors (Lipinski definition) is 5. The fourth-order valence-electron chi connectivity index (χ4n) is 3.50. The van der Waals surface area contributed by atoms with E-state index in [-0.39, 0.29) is 5.70 Å². The Balaban J connectivity index is 1.44. The van der Waals surface area contributed by atoms with Gasteiger partial charge in [-0.05, 0) is 98.8 Å². The highest BCUT2D eigenvalue weighted by atomic mass is 127. The molecule has 0 radical (unpaired) electrons. The van der Waals surface area contributed by atoms with Crippen LogP contribution in [0.1, 0.15) is 11.1 Å². The maximum Gasteiger partial charge on any atom is 0.329 e. The summed E-state index contributed by atoms with van der Waals surface area (Å²) in [5, 5.41) is 5.22. The highest BCUT2D eigenvalue weighted by molar-refractivity contribution is 14.1. The van der Waals surface area contributed by atoms with Crippen LogP contribution in [0.5, 0.6) is 11.5 Å². The second kappa shape index (κ2) is 12.3. The second-order valence-corrected chi connectivity index (χ2v) is 11.1. The van der Waals surface area contributed by atoms with Gasteiger partial charge in [0.25, 0.3) is 5.91 Å². The van der Waals surface area contributed by atoms with Gasteiger partial charge in [0.1, 0.15) is 30.3 Å². The summed E-state index contributed by atoms with van der Waals surface area (Å²) in [5.41, 5.74) is 2.29. The molecular formula is C26H20BrI2N3O5. The van der Waals surface area contributed by atoms with Gasteiger partial charge in [0.05, 0.1) is 19.9 Å². The molecule has 1 saturated heterocycles. The molecule has 37 heavy (non-hydrogen) atoms. The van der Waals surface area contributed by atoms with Gasteiger partial charge in [-0.2, -0.15) is 0 Å². The molecule has 3 aromatic rings. The third-order valence-electron chi connectivity index (χ3n) is 5.27. The number of amides is 4. The normalized spacial score (nSPS) is 14.1. The van der Waals surface area contributed by atoms with Gasteiger partial charge in [0.2, 0.25) is 5.91 Å². The summed E-state index contributed by atoms with van der Waals surface area (Å²) in [6.07, 6.45) is 1.58. The van der Waals surface area contributed by atoms with Crippen molar-refractivity contribution in [3.63, 3.8) is 0 Å². The molecule has 4 amide bonds. The average molecular weight is 788 g/mol. The number of rotatable bonds is 8. The van der Waals surface area contributed by atoms with Gasteiger partial charge in [-0.15, -0.1) is 0 Å². The summed E-state index contributed by atoms with van der Waals surface area (Å²) in [6.45, 7) is -0.0158. The largest absolute Gasteiger partial charge is 0.495 e. The minimum absolute atomic E-state index is 0.0882. The predicted octanol–water partition coefficient (Wildman–Crippen LogP) is 5.78. The monoisotopic (exact) mass is 787 g/mol. The van der Waals surface area contributed by atoms with Crippen molar-refractivity contribution in [2.24, 2.45) is 0 Å². The molecule has 3 aromatic carbocycles. The summed E-state index contributed by atoms with van der Waals surface area (Å²) in [5.74, 6) is 0.108. The van der Waals surface area contributed by atoms with Crippen LogP contribution >= 0.6 is 61.1 Å². The third kappa shape index (κ3) is 6.82. The molecule has 1 aliphatic rings. The fourth-order valence-corrected chi connectivity index (χ4v) is 5.89. The summed E-state index contributed by atoms with van der Waals surface area (Å²) >= 11 is 7.78. The van der Waals surface area contributed by atoms with Crippen molar-refractivity contribution in [2.75, 3.05) is 19.0 Å². The molecule has 2 N–H and O–H groups in total. The Morgan fingerprint density at radius 3 is 2.43 bits per heavy atom. The zero-order valence-electron chi connectivity index (χ0n) is 19.4. The molecule has 11 heteroatoms. The van der Waals surface area contributed by atoms with Crippen molar-refractivity contribution in [3.05, 3.63) is 89.1 Å². The number of carbonyl (C=O) groups excluding carboxylic acids is 3. The Labute approximate surface area is 249 Å². The Morgan fingerprint density at radius 1 is 1.08 bits per heavy atom. The number of imide groups is 1. The molecule has 8 nitrogen and oxygen atoms in total. The molecule has 0 spiro atoms. The van der Waals surface area contributed by atoms with Crippen molar-refractivity contribution in [1.82, 2.24) is 10.2 Å². The Hall–Kier alpha value is -2.65. The molecule has 0 atom stereocenters. The summed E-state index contributed by atoms with van der Waals surface area (Å²) in [7, 11) is 1.49. The molecule has 0 unspecified atom stereocenters. The number of methoxy groups -OCH3 is 1. The lowest BCUT2D eigenvalue weighted by molar-refractivity contribution is -0.127.